The van der Waals surface area contributed by atoms with Crippen LogP contribution in [-0.4, -0.2) is 45.0 Å². The Morgan fingerprint density at radius 3 is 2.33 bits per heavy atom. The Morgan fingerprint density at radius 2 is 1.78 bits per heavy atom. The average Bonchev–Trinajstić information content (AvgIpc) is 2.53. The van der Waals surface area contributed by atoms with Crippen molar-refractivity contribution in [3.05, 3.63) is 35.9 Å². The van der Waals surface area contributed by atoms with Gasteiger partial charge >= 0.3 is 12.1 Å². The Balaban J connectivity index is 2.64. The van der Waals surface area contributed by atoms with E-state index >= 15 is 0 Å². The Labute approximate surface area is 160 Å². The van der Waals surface area contributed by atoms with Crippen molar-refractivity contribution in [3.8, 4) is 0 Å². The fourth-order valence-electron chi connectivity index (χ4n) is 2.03. The summed E-state index contributed by atoms with van der Waals surface area (Å²) >= 11 is 0. The molecule has 0 heterocycles. The van der Waals surface area contributed by atoms with Crippen LogP contribution in [0.5, 0.6) is 0 Å². The number of nitrogens with one attached hydrogen (secondary N) is 1. The number of alkyl carbamates (subject to hydrolysis) is 1. The highest BCUT2D eigenvalue weighted by molar-refractivity contribution is 7.85. The maximum absolute atomic E-state index is 12.4. The van der Waals surface area contributed by atoms with E-state index in [0.29, 0.717) is 0 Å². The van der Waals surface area contributed by atoms with Crippen LogP contribution in [0.1, 0.15) is 39.2 Å². The molecule has 0 aliphatic carbocycles. The van der Waals surface area contributed by atoms with E-state index in [1.54, 1.807) is 20.8 Å². The van der Waals surface area contributed by atoms with Gasteiger partial charge in [-0.25, -0.2) is 9.59 Å². The van der Waals surface area contributed by atoms with Crippen LogP contribution in [0.3, 0.4) is 0 Å². The Hall–Kier alpha value is -2.13. The van der Waals surface area contributed by atoms with Crippen LogP contribution in [0, 0.1) is 0 Å². The number of carbonyl (C=O) groups excluding carboxylic acids is 2. The molecule has 152 valence electrons. The molecule has 1 aromatic rings. The van der Waals surface area contributed by atoms with Gasteiger partial charge in [0.15, 0.2) is 0 Å². The number of hydrogen-bond acceptors (Lipinski definition) is 7. The van der Waals surface area contributed by atoms with Gasteiger partial charge in [0.05, 0.1) is 12.9 Å². The number of amides is 1. The van der Waals surface area contributed by atoms with Gasteiger partial charge in [0.2, 0.25) is 0 Å². The molecule has 27 heavy (non-hydrogen) atoms. The number of hydrogen-bond donors (Lipinski definition) is 1. The van der Waals surface area contributed by atoms with E-state index in [9.17, 15) is 18.0 Å². The lowest BCUT2D eigenvalue weighted by Gasteiger charge is -2.23. The summed E-state index contributed by atoms with van der Waals surface area (Å²) in [5.74, 6) is -0.635. The summed E-state index contributed by atoms with van der Waals surface area (Å²) in [6, 6.07) is 8.13. The standard InChI is InChI=1S/C18H27NO7S/c1-18(2,3)26-17(21)19-15(11-8-12-25-27(4,22)23)16(20)24-13-14-9-6-5-7-10-14/h5-7,9-10,15H,8,11-13H2,1-4H3,(H,19,21)/t15-/m0/s1. The second-order valence-corrected chi connectivity index (χ2v) is 8.60. The van der Waals surface area contributed by atoms with E-state index in [1.807, 2.05) is 30.3 Å². The maximum atomic E-state index is 12.4. The topological polar surface area (TPSA) is 108 Å². The molecule has 1 rings (SSSR count). The molecule has 0 saturated carbocycles. The van der Waals surface area contributed by atoms with Crippen molar-refractivity contribution in [3.63, 3.8) is 0 Å². The Morgan fingerprint density at radius 1 is 1.15 bits per heavy atom. The smallest absolute Gasteiger partial charge is 0.408 e. The van der Waals surface area contributed by atoms with Crippen LogP contribution in [0.25, 0.3) is 0 Å². The minimum Gasteiger partial charge on any atom is -0.459 e. The highest BCUT2D eigenvalue weighted by Gasteiger charge is 2.25. The molecule has 0 bridgehead atoms. The predicted octanol–water partition coefficient (Wildman–Crippen LogP) is 2.38. The maximum Gasteiger partial charge on any atom is 0.408 e. The fourth-order valence-corrected chi connectivity index (χ4v) is 2.45. The molecule has 1 aromatic carbocycles. The lowest BCUT2D eigenvalue weighted by molar-refractivity contribution is -0.147. The molecule has 0 saturated heterocycles. The van der Waals surface area contributed by atoms with Crippen LogP contribution in [0.15, 0.2) is 30.3 Å². The first-order chi connectivity index (χ1) is 12.5. The third-order valence-electron chi connectivity index (χ3n) is 3.13. The highest BCUT2D eigenvalue weighted by Crippen LogP contribution is 2.10. The summed E-state index contributed by atoms with van der Waals surface area (Å²) in [4.78, 5) is 24.3. The fraction of sp³-hybridized carbons (Fsp3) is 0.556. The van der Waals surface area contributed by atoms with E-state index < -0.39 is 33.8 Å². The van der Waals surface area contributed by atoms with E-state index in [2.05, 4.69) is 9.50 Å². The van der Waals surface area contributed by atoms with Crippen molar-refractivity contribution in [2.24, 2.45) is 0 Å². The monoisotopic (exact) mass is 401 g/mol. The molecular formula is C18H27NO7S. The largest absolute Gasteiger partial charge is 0.459 e. The summed E-state index contributed by atoms with van der Waals surface area (Å²) in [6.45, 7) is 5.07. The van der Waals surface area contributed by atoms with Gasteiger partial charge in [0.1, 0.15) is 18.2 Å². The van der Waals surface area contributed by atoms with Crippen molar-refractivity contribution in [1.29, 1.82) is 0 Å². The molecule has 0 aliphatic heterocycles. The first kappa shape index (κ1) is 22.9. The zero-order valence-corrected chi connectivity index (χ0v) is 16.9. The van der Waals surface area contributed by atoms with Crippen LogP contribution in [0.4, 0.5) is 4.79 Å². The lowest BCUT2D eigenvalue weighted by atomic mass is 10.1. The van der Waals surface area contributed by atoms with Gasteiger partial charge in [-0.1, -0.05) is 30.3 Å². The van der Waals surface area contributed by atoms with Crippen molar-refractivity contribution < 1.29 is 31.7 Å². The molecule has 0 aliphatic rings. The van der Waals surface area contributed by atoms with Crippen molar-refractivity contribution >= 4 is 22.2 Å². The Kier molecular flexibility index (Phi) is 8.71. The van der Waals surface area contributed by atoms with E-state index in [1.165, 1.54) is 0 Å². The van der Waals surface area contributed by atoms with Crippen LogP contribution in [-0.2, 0) is 35.2 Å². The molecule has 0 unspecified atom stereocenters. The van der Waals surface area contributed by atoms with Crippen LogP contribution in [0.2, 0.25) is 0 Å². The summed E-state index contributed by atoms with van der Waals surface area (Å²) in [5, 5.41) is 2.47. The zero-order valence-electron chi connectivity index (χ0n) is 16.1. The SMILES string of the molecule is CC(C)(C)OC(=O)N[C@@H](CCCOS(C)(=O)=O)C(=O)OCc1ccccc1. The van der Waals surface area contributed by atoms with Crippen LogP contribution >= 0.6 is 0 Å². The first-order valence-electron chi connectivity index (χ1n) is 8.51. The summed E-state index contributed by atoms with van der Waals surface area (Å²) in [7, 11) is -3.56. The molecule has 0 spiro atoms. The van der Waals surface area contributed by atoms with E-state index in [4.69, 9.17) is 9.47 Å². The van der Waals surface area contributed by atoms with Gasteiger partial charge in [0, 0.05) is 0 Å². The quantitative estimate of drug-likeness (QED) is 0.384. The summed E-state index contributed by atoms with van der Waals surface area (Å²) in [5.41, 5.74) is 0.0874. The molecule has 1 N–H and O–H groups in total. The lowest BCUT2D eigenvalue weighted by Crippen LogP contribution is -2.44. The molecule has 0 aromatic heterocycles. The molecular weight excluding hydrogens is 374 g/mol. The molecule has 1 amide bonds. The second kappa shape index (κ2) is 10.3. The van der Waals surface area contributed by atoms with Crippen molar-refractivity contribution in [1.82, 2.24) is 5.32 Å². The molecule has 0 fully saturated rings. The molecule has 0 radical (unpaired) electrons. The number of esters is 1. The second-order valence-electron chi connectivity index (χ2n) is 6.96. The predicted molar refractivity (Wildman–Crippen MR) is 99.4 cm³/mol. The van der Waals surface area contributed by atoms with Gasteiger partial charge in [-0.3, -0.25) is 4.18 Å². The Bertz CT molecular complexity index is 711. The number of rotatable bonds is 9. The average molecular weight is 401 g/mol. The first-order valence-corrected chi connectivity index (χ1v) is 10.3. The normalized spacial score (nSPS) is 12.9. The van der Waals surface area contributed by atoms with Crippen molar-refractivity contribution in [2.75, 3.05) is 12.9 Å². The molecule has 9 heteroatoms. The zero-order chi connectivity index (χ0) is 20.5. The number of carbonyl (C=O) groups is 2. The third kappa shape index (κ3) is 11.2. The third-order valence-corrected chi connectivity index (χ3v) is 3.73. The summed E-state index contributed by atoms with van der Waals surface area (Å²) < 4.78 is 37.1. The highest BCUT2D eigenvalue weighted by atomic mass is 32.2. The number of ether oxygens (including phenoxy) is 2. The van der Waals surface area contributed by atoms with Crippen LogP contribution < -0.4 is 5.32 Å². The molecule has 8 nitrogen and oxygen atoms in total. The van der Waals surface area contributed by atoms with Gasteiger partial charge in [-0.15, -0.1) is 0 Å². The van der Waals surface area contributed by atoms with E-state index in [-0.39, 0.29) is 26.1 Å². The van der Waals surface area contributed by atoms with Gasteiger partial charge in [0.25, 0.3) is 10.1 Å². The van der Waals surface area contributed by atoms with Crippen molar-refractivity contribution in [2.45, 2.75) is 51.9 Å². The molecule has 1 atom stereocenters. The van der Waals surface area contributed by atoms with Gasteiger partial charge < -0.3 is 14.8 Å². The summed E-state index contributed by atoms with van der Waals surface area (Å²) in [6.07, 6.45) is 0.557. The number of benzene rings is 1. The minimum absolute atomic E-state index is 0.0615. The van der Waals surface area contributed by atoms with Gasteiger partial charge in [-0.2, -0.15) is 8.42 Å². The van der Waals surface area contributed by atoms with E-state index in [0.717, 1.165) is 11.8 Å². The van der Waals surface area contributed by atoms with Gasteiger partial charge in [-0.05, 0) is 39.2 Å². The minimum atomic E-state index is -3.56.